The van der Waals surface area contributed by atoms with Crippen LogP contribution in [0.3, 0.4) is 0 Å². The Morgan fingerprint density at radius 2 is 1.14 bits per heavy atom. The van der Waals surface area contributed by atoms with E-state index in [2.05, 4.69) is 13.8 Å². The SMILES string of the molecule is CCCCCCCC(=O)N(C)C.CCCCCCCC(N)=O. The van der Waals surface area contributed by atoms with Gasteiger partial charge in [0.25, 0.3) is 0 Å². The first-order valence-corrected chi connectivity index (χ1v) is 8.94. The van der Waals surface area contributed by atoms with Crippen molar-refractivity contribution in [2.45, 2.75) is 90.9 Å². The highest BCUT2D eigenvalue weighted by Gasteiger charge is 2.01. The summed E-state index contributed by atoms with van der Waals surface area (Å²) in [6, 6.07) is 0. The van der Waals surface area contributed by atoms with E-state index in [0.717, 1.165) is 25.7 Å². The molecule has 0 aliphatic rings. The van der Waals surface area contributed by atoms with Gasteiger partial charge in [0.2, 0.25) is 11.8 Å². The number of amides is 2. The molecule has 4 heteroatoms. The van der Waals surface area contributed by atoms with Gasteiger partial charge in [-0.1, -0.05) is 65.2 Å². The zero-order chi connectivity index (χ0) is 17.2. The topological polar surface area (TPSA) is 63.4 Å². The second kappa shape index (κ2) is 18.0. The Bertz CT molecular complexity index is 266. The zero-order valence-electron chi connectivity index (χ0n) is 15.3. The predicted molar refractivity (Wildman–Crippen MR) is 94.6 cm³/mol. The number of hydrogen-bond acceptors (Lipinski definition) is 2. The van der Waals surface area contributed by atoms with Crippen LogP contribution in [0.2, 0.25) is 0 Å². The number of carbonyl (C=O) groups excluding carboxylic acids is 2. The van der Waals surface area contributed by atoms with E-state index in [1.807, 2.05) is 14.1 Å². The molecule has 4 nitrogen and oxygen atoms in total. The molecular weight excluding hydrogens is 276 g/mol. The Morgan fingerprint density at radius 3 is 1.50 bits per heavy atom. The molecule has 2 amide bonds. The second-order valence-electron chi connectivity index (χ2n) is 6.08. The standard InChI is InChI=1S/C10H21NO.C8H17NO/c1-4-5-6-7-8-9-10(12)11(2)3;1-2-3-4-5-6-7-8(9)10/h4-9H2,1-3H3;2-7H2,1H3,(H2,9,10). The lowest BCUT2D eigenvalue weighted by atomic mass is 10.1. The molecule has 0 spiro atoms. The van der Waals surface area contributed by atoms with Gasteiger partial charge in [-0.3, -0.25) is 9.59 Å². The van der Waals surface area contributed by atoms with Crippen molar-refractivity contribution in [2.75, 3.05) is 14.1 Å². The van der Waals surface area contributed by atoms with E-state index in [0.29, 0.717) is 6.42 Å². The van der Waals surface area contributed by atoms with Crippen molar-refractivity contribution >= 4 is 11.8 Å². The van der Waals surface area contributed by atoms with Crippen molar-refractivity contribution < 1.29 is 9.59 Å². The summed E-state index contributed by atoms with van der Waals surface area (Å²) in [4.78, 5) is 23.0. The monoisotopic (exact) mass is 314 g/mol. The molecule has 0 aromatic rings. The van der Waals surface area contributed by atoms with Crippen molar-refractivity contribution in [3.05, 3.63) is 0 Å². The molecular formula is C18H38N2O2. The molecule has 0 aliphatic carbocycles. The van der Waals surface area contributed by atoms with Crippen LogP contribution in [0, 0.1) is 0 Å². The van der Waals surface area contributed by atoms with E-state index in [4.69, 9.17) is 5.73 Å². The van der Waals surface area contributed by atoms with Gasteiger partial charge in [0.1, 0.15) is 0 Å². The molecule has 0 bridgehead atoms. The summed E-state index contributed by atoms with van der Waals surface area (Å²) in [6.07, 6.45) is 13.3. The van der Waals surface area contributed by atoms with Gasteiger partial charge in [-0.25, -0.2) is 0 Å². The van der Waals surface area contributed by atoms with Crippen molar-refractivity contribution in [1.82, 2.24) is 4.90 Å². The molecule has 0 radical (unpaired) electrons. The van der Waals surface area contributed by atoms with E-state index in [1.54, 1.807) is 4.90 Å². The second-order valence-corrected chi connectivity index (χ2v) is 6.08. The minimum atomic E-state index is -0.170. The maximum Gasteiger partial charge on any atom is 0.222 e. The first-order valence-electron chi connectivity index (χ1n) is 8.94. The van der Waals surface area contributed by atoms with E-state index in [-0.39, 0.29) is 11.8 Å². The number of nitrogens with two attached hydrogens (primary N) is 1. The highest BCUT2D eigenvalue weighted by molar-refractivity contribution is 5.75. The molecule has 0 saturated heterocycles. The van der Waals surface area contributed by atoms with Crippen LogP contribution in [-0.4, -0.2) is 30.8 Å². The first kappa shape index (κ1) is 23.2. The molecule has 0 aromatic carbocycles. The van der Waals surface area contributed by atoms with Crippen molar-refractivity contribution in [1.29, 1.82) is 0 Å². The molecule has 0 heterocycles. The normalized spacial score (nSPS) is 9.82. The molecule has 2 N–H and O–H groups in total. The lowest BCUT2D eigenvalue weighted by Gasteiger charge is -2.09. The summed E-state index contributed by atoms with van der Waals surface area (Å²) in [5.41, 5.74) is 4.97. The van der Waals surface area contributed by atoms with E-state index < -0.39 is 0 Å². The van der Waals surface area contributed by atoms with Gasteiger partial charge in [0, 0.05) is 26.9 Å². The van der Waals surface area contributed by atoms with Crippen LogP contribution in [0.25, 0.3) is 0 Å². The van der Waals surface area contributed by atoms with Crippen LogP contribution < -0.4 is 5.73 Å². The van der Waals surface area contributed by atoms with Gasteiger partial charge in [-0.15, -0.1) is 0 Å². The van der Waals surface area contributed by atoms with Gasteiger partial charge < -0.3 is 10.6 Å². The fourth-order valence-corrected chi connectivity index (χ4v) is 2.01. The van der Waals surface area contributed by atoms with Crippen molar-refractivity contribution in [3.63, 3.8) is 0 Å². The molecule has 22 heavy (non-hydrogen) atoms. The Labute approximate surface area is 137 Å². The van der Waals surface area contributed by atoms with Crippen LogP contribution in [0.4, 0.5) is 0 Å². The molecule has 0 aromatic heterocycles. The lowest BCUT2D eigenvalue weighted by molar-refractivity contribution is -0.128. The third-order valence-corrected chi connectivity index (χ3v) is 3.52. The Balaban J connectivity index is 0. The summed E-state index contributed by atoms with van der Waals surface area (Å²) in [7, 11) is 3.63. The summed E-state index contributed by atoms with van der Waals surface area (Å²) in [5, 5.41) is 0. The van der Waals surface area contributed by atoms with Gasteiger partial charge >= 0.3 is 0 Å². The smallest absolute Gasteiger partial charge is 0.222 e. The molecule has 132 valence electrons. The minimum Gasteiger partial charge on any atom is -0.370 e. The van der Waals surface area contributed by atoms with Crippen LogP contribution in [0.15, 0.2) is 0 Å². The van der Waals surface area contributed by atoms with E-state index in [1.165, 1.54) is 44.9 Å². The van der Waals surface area contributed by atoms with Gasteiger partial charge in [-0.05, 0) is 12.8 Å². The predicted octanol–water partition coefficient (Wildman–Crippen LogP) is 4.27. The number of rotatable bonds is 12. The Morgan fingerprint density at radius 1 is 0.727 bits per heavy atom. The zero-order valence-corrected chi connectivity index (χ0v) is 15.3. The quantitative estimate of drug-likeness (QED) is 0.547. The Hall–Kier alpha value is -1.06. The third-order valence-electron chi connectivity index (χ3n) is 3.52. The van der Waals surface area contributed by atoms with Gasteiger partial charge in [0.15, 0.2) is 0 Å². The van der Waals surface area contributed by atoms with E-state index >= 15 is 0 Å². The van der Waals surface area contributed by atoms with Crippen molar-refractivity contribution in [3.8, 4) is 0 Å². The largest absolute Gasteiger partial charge is 0.370 e. The van der Waals surface area contributed by atoms with Crippen molar-refractivity contribution in [2.24, 2.45) is 5.73 Å². The highest BCUT2D eigenvalue weighted by Crippen LogP contribution is 2.05. The molecule has 0 unspecified atom stereocenters. The number of nitrogens with zero attached hydrogens (tertiary/aromatic N) is 1. The fraction of sp³-hybridized carbons (Fsp3) is 0.889. The fourth-order valence-electron chi connectivity index (χ4n) is 2.01. The van der Waals surface area contributed by atoms with Gasteiger partial charge in [0.05, 0.1) is 0 Å². The molecule has 0 saturated carbocycles. The number of primary amides is 1. The molecule has 0 aliphatic heterocycles. The lowest BCUT2D eigenvalue weighted by Crippen LogP contribution is -2.20. The third kappa shape index (κ3) is 21.2. The van der Waals surface area contributed by atoms with Gasteiger partial charge in [-0.2, -0.15) is 0 Å². The average Bonchev–Trinajstić information content (AvgIpc) is 2.47. The molecule has 0 rings (SSSR count). The Kier molecular flexibility index (Phi) is 19.0. The maximum absolute atomic E-state index is 11.1. The molecule has 0 atom stereocenters. The molecule has 0 fully saturated rings. The van der Waals surface area contributed by atoms with E-state index in [9.17, 15) is 9.59 Å². The number of hydrogen-bond donors (Lipinski definition) is 1. The number of unbranched alkanes of at least 4 members (excludes halogenated alkanes) is 8. The van der Waals surface area contributed by atoms with Crippen LogP contribution in [-0.2, 0) is 9.59 Å². The van der Waals surface area contributed by atoms with Crippen LogP contribution >= 0.6 is 0 Å². The average molecular weight is 315 g/mol. The number of carbonyl (C=O) groups is 2. The summed E-state index contributed by atoms with van der Waals surface area (Å²) in [6.45, 7) is 4.37. The summed E-state index contributed by atoms with van der Waals surface area (Å²) >= 11 is 0. The van der Waals surface area contributed by atoms with Crippen LogP contribution in [0.5, 0.6) is 0 Å². The highest BCUT2D eigenvalue weighted by atomic mass is 16.2. The summed E-state index contributed by atoms with van der Waals surface area (Å²) < 4.78 is 0. The maximum atomic E-state index is 11.1. The minimum absolute atomic E-state index is 0.170. The summed E-state index contributed by atoms with van der Waals surface area (Å²) in [5.74, 6) is 0.0861. The van der Waals surface area contributed by atoms with Crippen LogP contribution in [0.1, 0.15) is 90.9 Å². The first-order chi connectivity index (χ1) is 10.5.